The Morgan fingerprint density at radius 3 is 0.892 bits per heavy atom. The maximum Gasteiger partial charge on any atom is 0.305 e. The summed E-state index contributed by atoms with van der Waals surface area (Å²) in [7, 11) is 0. The summed E-state index contributed by atoms with van der Waals surface area (Å²) in [5.41, 5.74) is 0. The van der Waals surface area contributed by atoms with Crippen molar-refractivity contribution >= 4 is 5.97 Å². The number of hydrogen-bond acceptors (Lipinski definition) is 2. The zero-order valence-corrected chi connectivity index (χ0v) is 25.9. The molecule has 0 spiro atoms. The number of rotatable bonds is 32. The summed E-state index contributed by atoms with van der Waals surface area (Å²) in [5, 5.41) is 0. The van der Waals surface area contributed by atoms with Crippen LogP contribution in [0.3, 0.4) is 0 Å². The Kier molecular flexibility index (Phi) is 33.0. The zero-order valence-electron chi connectivity index (χ0n) is 25.9. The molecule has 0 N–H and O–H groups in total. The van der Waals surface area contributed by atoms with E-state index in [1.165, 1.54) is 180 Å². The number of hydrogen-bond donors (Lipinski definition) is 0. The van der Waals surface area contributed by atoms with Crippen molar-refractivity contribution < 1.29 is 9.53 Å². The van der Waals surface area contributed by atoms with Gasteiger partial charge in [0, 0.05) is 6.42 Å². The lowest BCUT2D eigenvalue weighted by atomic mass is 10.0. The molecule has 0 aliphatic rings. The fourth-order valence-electron chi connectivity index (χ4n) is 5.37. The van der Waals surface area contributed by atoms with Gasteiger partial charge in [0.2, 0.25) is 0 Å². The Hall–Kier alpha value is -0.530. The highest BCUT2D eigenvalue weighted by Gasteiger charge is 2.02. The summed E-state index contributed by atoms with van der Waals surface area (Å²) in [4.78, 5) is 11.7. The van der Waals surface area contributed by atoms with E-state index in [-0.39, 0.29) is 5.97 Å². The van der Waals surface area contributed by atoms with Gasteiger partial charge in [-0.2, -0.15) is 0 Å². The summed E-state index contributed by atoms with van der Waals surface area (Å²) in [6.45, 7) is 5.15. The van der Waals surface area contributed by atoms with Crippen molar-refractivity contribution in [3.8, 4) is 0 Å². The van der Waals surface area contributed by atoms with Crippen LogP contribution in [0.15, 0.2) is 0 Å². The number of esters is 1. The van der Waals surface area contributed by atoms with E-state index in [0.29, 0.717) is 13.0 Å². The van der Waals surface area contributed by atoms with E-state index < -0.39 is 0 Å². The molecule has 37 heavy (non-hydrogen) atoms. The average molecular weight is 523 g/mol. The van der Waals surface area contributed by atoms with Crippen LogP contribution in [0, 0.1) is 0 Å². The van der Waals surface area contributed by atoms with Gasteiger partial charge in [0.1, 0.15) is 0 Å². The topological polar surface area (TPSA) is 26.3 Å². The lowest BCUT2D eigenvalue weighted by Gasteiger charge is -2.05. The van der Waals surface area contributed by atoms with Gasteiger partial charge in [-0.3, -0.25) is 4.79 Å². The molecule has 0 saturated carbocycles. The summed E-state index contributed by atoms with van der Waals surface area (Å²) in [5.74, 6) is 0.0181. The molecule has 0 bridgehead atoms. The minimum absolute atomic E-state index is 0.0181. The van der Waals surface area contributed by atoms with Gasteiger partial charge >= 0.3 is 5.97 Å². The molecule has 0 rings (SSSR count). The molecule has 0 amide bonds. The third-order valence-corrected chi connectivity index (χ3v) is 8.00. The second kappa shape index (κ2) is 33.5. The van der Waals surface area contributed by atoms with Crippen molar-refractivity contribution in [3.63, 3.8) is 0 Å². The number of carbonyl (C=O) groups is 1. The molecule has 0 heterocycles. The van der Waals surface area contributed by atoms with Crippen LogP contribution in [0.5, 0.6) is 0 Å². The maximum atomic E-state index is 11.7. The summed E-state index contributed by atoms with van der Waals surface area (Å²) in [6, 6.07) is 0. The molecule has 222 valence electrons. The molecule has 0 saturated heterocycles. The highest BCUT2D eigenvalue weighted by Crippen LogP contribution is 2.16. The molecule has 2 nitrogen and oxygen atoms in total. The van der Waals surface area contributed by atoms with Crippen molar-refractivity contribution in [2.45, 2.75) is 213 Å². The van der Waals surface area contributed by atoms with E-state index in [0.717, 1.165) is 12.8 Å². The van der Waals surface area contributed by atoms with Crippen molar-refractivity contribution in [1.29, 1.82) is 0 Å². The van der Waals surface area contributed by atoms with E-state index in [4.69, 9.17) is 4.74 Å². The van der Waals surface area contributed by atoms with Crippen LogP contribution >= 0.6 is 0 Å². The van der Waals surface area contributed by atoms with Crippen LogP contribution in [0.2, 0.25) is 0 Å². The molecule has 0 radical (unpaired) electrons. The average Bonchev–Trinajstić information content (AvgIpc) is 2.90. The minimum Gasteiger partial charge on any atom is -0.466 e. The summed E-state index contributed by atoms with van der Waals surface area (Å²) < 4.78 is 5.34. The Balaban J connectivity index is 3.09. The van der Waals surface area contributed by atoms with E-state index in [2.05, 4.69) is 13.8 Å². The van der Waals surface area contributed by atoms with Crippen molar-refractivity contribution in [2.24, 2.45) is 0 Å². The van der Waals surface area contributed by atoms with E-state index >= 15 is 0 Å². The number of carbonyl (C=O) groups excluding carboxylic acids is 1. The van der Waals surface area contributed by atoms with Crippen molar-refractivity contribution in [1.82, 2.24) is 0 Å². The van der Waals surface area contributed by atoms with Gasteiger partial charge in [-0.25, -0.2) is 0 Å². The van der Waals surface area contributed by atoms with E-state index in [1.807, 2.05) is 0 Å². The van der Waals surface area contributed by atoms with Gasteiger partial charge in [-0.15, -0.1) is 0 Å². The van der Waals surface area contributed by atoms with Gasteiger partial charge in [-0.05, 0) is 12.8 Å². The standard InChI is InChI=1S/C35H70O2/c1-3-5-7-9-10-11-12-13-14-15-16-17-18-19-20-21-22-23-24-25-26-27-28-29-31-33-35(36)37-34-32-30-8-6-4-2/h3-34H2,1-2H3. The SMILES string of the molecule is CCCCCCCCCCCCCCCCCCCCCCCCCCCC(=O)OCCCCCCC. The van der Waals surface area contributed by atoms with E-state index in [1.54, 1.807) is 0 Å². The molecule has 0 aromatic carbocycles. The largest absolute Gasteiger partial charge is 0.466 e. The van der Waals surface area contributed by atoms with Crippen LogP contribution in [-0.4, -0.2) is 12.6 Å². The van der Waals surface area contributed by atoms with Gasteiger partial charge in [0.05, 0.1) is 6.61 Å². The quantitative estimate of drug-likeness (QED) is 0.0648. The Labute approximate surface area is 234 Å². The lowest BCUT2D eigenvalue weighted by Crippen LogP contribution is -2.05. The predicted molar refractivity (Wildman–Crippen MR) is 165 cm³/mol. The van der Waals surface area contributed by atoms with Crippen molar-refractivity contribution in [2.75, 3.05) is 6.61 Å². The highest BCUT2D eigenvalue weighted by molar-refractivity contribution is 5.69. The molecule has 0 atom stereocenters. The first kappa shape index (κ1) is 36.5. The smallest absolute Gasteiger partial charge is 0.305 e. The molecule has 0 aromatic heterocycles. The van der Waals surface area contributed by atoms with Gasteiger partial charge in [0.15, 0.2) is 0 Å². The Morgan fingerprint density at radius 2 is 0.595 bits per heavy atom. The predicted octanol–water partition coefficient (Wildman–Crippen LogP) is 12.7. The first-order chi connectivity index (χ1) is 18.3. The molecule has 0 unspecified atom stereocenters. The highest BCUT2D eigenvalue weighted by atomic mass is 16.5. The minimum atomic E-state index is 0.0181. The fraction of sp³-hybridized carbons (Fsp3) is 0.971. The van der Waals surface area contributed by atoms with Crippen LogP contribution in [-0.2, 0) is 9.53 Å². The normalized spacial score (nSPS) is 11.3. The third kappa shape index (κ3) is 33.4. The van der Waals surface area contributed by atoms with Crippen LogP contribution < -0.4 is 0 Å². The number of ether oxygens (including phenoxy) is 1. The maximum absolute atomic E-state index is 11.7. The van der Waals surface area contributed by atoms with Crippen molar-refractivity contribution in [3.05, 3.63) is 0 Å². The second-order valence-electron chi connectivity index (χ2n) is 11.9. The fourth-order valence-corrected chi connectivity index (χ4v) is 5.37. The molecule has 2 heteroatoms. The monoisotopic (exact) mass is 523 g/mol. The van der Waals surface area contributed by atoms with Crippen LogP contribution in [0.1, 0.15) is 213 Å². The summed E-state index contributed by atoms with van der Waals surface area (Å²) in [6.07, 6.45) is 41.9. The Bertz CT molecular complexity index is 419. The molecule has 0 aliphatic heterocycles. The third-order valence-electron chi connectivity index (χ3n) is 8.00. The van der Waals surface area contributed by atoms with Gasteiger partial charge in [0.25, 0.3) is 0 Å². The number of unbranched alkanes of at least 4 members (excludes halogenated alkanes) is 28. The zero-order chi connectivity index (χ0) is 26.9. The molecular formula is C35H70O2. The van der Waals surface area contributed by atoms with Gasteiger partial charge in [-0.1, -0.05) is 194 Å². The molecule has 0 aliphatic carbocycles. The lowest BCUT2D eigenvalue weighted by molar-refractivity contribution is -0.143. The molecular weight excluding hydrogens is 452 g/mol. The van der Waals surface area contributed by atoms with Gasteiger partial charge < -0.3 is 4.74 Å². The second-order valence-corrected chi connectivity index (χ2v) is 11.9. The molecule has 0 aromatic rings. The first-order valence-electron chi connectivity index (χ1n) is 17.5. The Morgan fingerprint density at radius 1 is 0.351 bits per heavy atom. The summed E-state index contributed by atoms with van der Waals surface area (Å²) >= 11 is 0. The van der Waals surface area contributed by atoms with E-state index in [9.17, 15) is 4.79 Å². The van der Waals surface area contributed by atoms with Crippen LogP contribution in [0.4, 0.5) is 0 Å². The van der Waals surface area contributed by atoms with Crippen LogP contribution in [0.25, 0.3) is 0 Å². The molecule has 0 fully saturated rings. The first-order valence-corrected chi connectivity index (χ1v) is 17.5.